The standard InChI is InChI=1S/C17H23N5OS/c1-11(2)10-23-8-7-18-15-5-6-16-19-9-14(22(16)21-15)17-12(3)20-13(4)24-17/h5-6,9,11H,7-8,10H2,1-4H3,(H,18,21). The Morgan fingerprint density at radius 1 is 1.29 bits per heavy atom. The molecule has 128 valence electrons. The smallest absolute Gasteiger partial charge is 0.154 e. The number of aryl methyl sites for hydroxylation is 2. The van der Waals surface area contributed by atoms with E-state index in [2.05, 4.69) is 34.2 Å². The van der Waals surface area contributed by atoms with Crippen molar-refractivity contribution in [1.82, 2.24) is 19.6 Å². The van der Waals surface area contributed by atoms with Crippen LogP contribution in [0, 0.1) is 19.8 Å². The number of anilines is 1. The monoisotopic (exact) mass is 345 g/mol. The third-order valence-electron chi connectivity index (χ3n) is 3.50. The number of nitrogens with zero attached hydrogens (tertiary/aromatic N) is 4. The van der Waals surface area contributed by atoms with Gasteiger partial charge in [-0.1, -0.05) is 13.8 Å². The lowest BCUT2D eigenvalue weighted by atomic mass is 10.2. The quantitative estimate of drug-likeness (QED) is 0.663. The van der Waals surface area contributed by atoms with E-state index in [-0.39, 0.29) is 0 Å². The van der Waals surface area contributed by atoms with Crippen LogP contribution in [-0.2, 0) is 4.74 Å². The maximum Gasteiger partial charge on any atom is 0.154 e. The summed E-state index contributed by atoms with van der Waals surface area (Å²) in [6, 6.07) is 3.91. The van der Waals surface area contributed by atoms with Gasteiger partial charge in [0.1, 0.15) is 11.5 Å². The molecule has 0 saturated carbocycles. The van der Waals surface area contributed by atoms with Gasteiger partial charge in [0.05, 0.1) is 28.4 Å². The summed E-state index contributed by atoms with van der Waals surface area (Å²) in [6.07, 6.45) is 1.86. The van der Waals surface area contributed by atoms with Gasteiger partial charge in [0.15, 0.2) is 5.65 Å². The summed E-state index contributed by atoms with van der Waals surface area (Å²) in [5.74, 6) is 1.37. The molecule has 3 aromatic heterocycles. The second-order valence-corrected chi connectivity index (χ2v) is 7.38. The summed E-state index contributed by atoms with van der Waals surface area (Å²) < 4.78 is 7.46. The van der Waals surface area contributed by atoms with Gasteiger partial charge in [0, 0.05) is 13.2 Å². The predicted molar refractivity (Wildman–Crippen MR) is 97.7 cm³/mol. The number of hydrogen-bond donors (Lipinski definition) is 1. The van der Waals surface area contributed by atoms with Crippen molar-refractivity contribution < 1.29 is 4.74 Å². The second kappa shape index (κ2) is 7.27. The Hall–Kier alpha value is -1.99. The molecule has 0 aliphatic carbocycles. The van der Waals surface area contributed by atoms with Gasteiger partial charge in [-0.3, -0.25) is 0 Å². The van der Waals surface area contributed by atoms with E-state index in [4.69, 9.17) is 4.74 Å². The summed E-state index contributed by atoms with van der Waals surface area (Å²) in [5.41, 5.74) is 2.83. The average molecular weight is 345 g/mol. The van der Waals surface area contributed by atoms with Crippen molar-refractivity contribution in [3.63, 3.8) is 0 Å². The molecule has 1 N–H and O–H groups in total. The van der Waals surface area contributed by atoms with E-state index >= 15 is 0 Å². The van der Waals surface area contributed by atoms with Gasteiger partial charge < -0.3 is 10.1 Å². The first-order valence-corrected chi connectivity index (χ1v) is 8.97. The minimum atomic E-state index is 0.555. The molecule has 0 spiro atoms. The summed E-state index contributed by atoms with van der Waals surface area (Å²) >= 11 is 1.67. The fourth-order valence-corrected chi connectivity index (χ4v) is 3.38. The molecule has 0 saturated heterocycles. The molecular weight excluding hydrogens is 322 g/mol. The van der Waals surface area contributed by atoms with Crippen molar-refractivity contribution in [3.8, 4) is 10.6 Å². The van der Waals surface area contributed by atoms with Gasteiger partial charge >= 0.3 is 0 Å². The zero-order valence-electron chi connectivity index (χ0n) is 14.5. The molecule has 0 aliphatic rings. The maximum absolute atomic E-state index is 5.58. The molecule has 0 atom stereocenters. The largest absolute Gasteiger partial charge is 0.379 e. The molecule has 0 aromatic carbocycles. The second-order valence-electron chi connectivity index (χ2n) is 6.17. The molecule has 0 radical (unpaired) electrons. The Morgan fingerprint density at radius 3 is 2.83 bits per heavy atom. The molecule has 3 rings (SSSR count). The van der Waals surface area contributed by atoms with Gasteiger partial charge in [-0.2, -0.15) is 0 Å². The Bertz CT molecular complexity index is 824. The van der Waals surface area contributed by atoms with E-state index < -0.39 is 0 Å². The van der Waals surface area contributed by atoms with Crippen LogP contribution in [-0.4, -0.2) is 39.3 Å². The first-order chi connectivity index (χ1) is 11.5. The number of rotatable bonds is 7. The molecule has 3 aromatic rings. The van der Waals surface area contributed by atoms with Gasteiger partial charge in [-0.15, -0.1) is 16.4 Å². The molecule has 0 amide bonds. The van der Waals surface area contributed by atoms with Crippen molar-refractivity contribution in [2.24, 2.45) is 5.92 Å². The predicted octanol–water partition coefficient (Wildman–Crippen LogP) is 3.55. The van der Waals surface area contributed by atoms with E-state index in [1.54, 1.807) is 11.3 Å². The zero-order chi connectivity index (χ0) is 17.1. The maximum atomic E-state index is 5.58. The number of aromatic nitrogens is 4. The first kappa shape index (κ1) is 16.9. The molecular formula is C17H23N5OS. The summed E-state index contributed by atoms with van der Waals surface area (Å²) in [6.45, 7) is 10.5. The average Bonchev–Trinajstić information content (AvgIpc) is 3.08. The number of hydrogen-bond acceptors (Lipinski definition) is 6. The molecule has 0 aliphatic heterocycles. The Morgan fingerprint density at radius 2 is 2.12 bits per heavy atom. The van der Waals surface area contributed by atoms with Crippen molar-refractivity contribution in [2.45, 2.75) is 27.7 Å². The highest BCUT2D eigenvalue weighted by molar-refractivity contribution is 7.15. The number of nitrogens with one attached hydrogen (secondary N) is 1. The van der Waals surface area contributed by atoms with Crippen LogP contribution < -0.4 is 5.32 Å². The minimum absolute atomic E-state index is 0.555. The summed E-state index contributed by atoms with van der Waals surface area (Å²) in [5, 5.41) is 9.01. The molecule has 0 bridgehead atoms. The van der Waals surface area contributed by atoms with Crippen molar-refractivity contribution in [2.75, 3.05) is 25.1 Å². The fourth-order valence-electron chi connectivity index (χ4n) is 2.46. The van der Waals surface area contributed by atoms with Gasteiger partial charge in [-0.25, -0.2) is 14.5 Å². The highest BCUT2D eigenvalue weighted by Gasteiger charge is 2.13. The number of imidazole rings is 1. The Labute approximate surface area is 145 Å². The molecule has 3 heterocycles. The Kier molecular flexibility index (Phi) is 5.11. The van der Waals surface area contributed by atoms with Gasteiger partial charge in [0.2, 0.25) is 0 Å². The number of fused-ring (bicyclic) bond motifs is 1. The number of ether oxygens (including phenoxy) is 1. The van der Waals surface area contributed by atoms with Crippen LogP contribution in [0.4, 0.5) is 5.82 Å². The summed E-state index contributed by atoms with van der Waals surface area (Å²) in [7, 11) is 0. The normalized spacial score (nSPS) is 11.5. The number of thiazole rings is 1. The van der Waals surface area contributed by atoms with Gasteiger partial charge in [0.25, 0.3) is 0 Å². The molecule has 24 heavy (non-hydrogen) atoms. The fraction of sp³-hybridized carbons (Fsp3) is 0.471. The molecule has 0 fully saturated rings. The molecule has 6 nitrogen and oxygen atoms in total. The van der Waals surface area contributed by atoms with E-state index in [0.29, 0.717) is 12.5 Å². The van der Waals surface area contributed by atoms with Crippen LogP contribution in [0.3, 0.4) is 0 Å². The van der Waals surface area contributed by atoms with Crippen molar-refractivity contribution in [1.29, 1.82) is 0 Å². The van der Waals surface area contributed by atoms with E-state index in [9.17, 15) is 0 Å². The summed E-state index contributed by atoms with van der Waals surface area (Å²) in [4.78, 5) is 10.1. The van der Waals surface area contributed by atoms with Crippen molar-refractivity contribution >= 4 is 22.8 Å². The Balaban J connectivity index is 1.75. The third-order valence-corrected chi connectivity index (χ3v) is 4.60. The van der Waals surface area contributed by atoms with Crippen LogP contribution in [0.25, 0.3) is 16.2 Å². The zero-order valence-corrected chi connectivity index (χ0v) is 15.4. The molecule has 0 unspecified atom stereocenters. The molecule has 7 heteroatoms. The van der Waals surface area contributed by atoms with E-state index in [1.807, 2.05) is 36.7 Å². The van der Waals surface area contributed by atoms with Crippen LogP contribution in [0.1, 0.15) is 24.5 Å². The topological polar surface area (TPSA) is 64.3 Å². The SMILES string of the molecule is Cc1nc(C)c(-c2cnc3ccc(NCCOCC(C)C)nn23)s1. The van der Waals surface area contributed by atoms with Crippen molar-refractivity contribution in [3.05, 3.63) is 29.0 Å². The third kappa shape index (κ3) is 3.73. The van der Waals surface area contributed by atoms with E-state index in [0.717, 1.165) is 45.9 Å². The highest BCUT2D eigenvalue weighted by atomic mass is 32.1. The van der Waals surface area contributed by atoms with Crippen LogP contribution in [0.5, 0.6) is 0 Å². The van der Waals surface area contributed by atoms with E-state index in [1.165, 1.54) is 0 Å². The highest BCUT2D eigenvalue weighted by Crippen LogP contribution is 2.29. The minimum Gasteiger partial charge on any atom is -0.379 e. The van der Waals surface area contributed by atoms with Crippen LogP contribution in [0.2, 0.25) is 0 Å². The lowest BCUT2D eigenvalue weighted by Gasteiger charge is -2.09. The van der Waals surface area contributed by atoms with Crippen LogP contribution in [0.15, 0.2) is 18.3 Å². The lowest BCUT2D eigenvalue weighted by Crippen LogP contribution is -2.13. The first-order valence-electron chi connectivity index (χ1n) is 8.15. The van der Waals surface area contributed by atoms with Gasteiger partial charge in [-0.05, 0) is 31.9 Å². The lowest BCUT2D eigenvalue weighted by molar-refractivity contribution is 0.118. The van der Waals surface area contributed by atoms with Crippen LogP contribution >= 0.6 is 11.3 Å².